The Bertz CT molecular complexity index is 1030. The van der Waals surface area contributed by atoms with E-state index in [0.29, 0.717) is 23.4 Å². The minimum Gasteiger partial charge on any atom is -0.369 e. The lowest BCUT2D eigenvalue weighted by atomic mass is 9.87. The van der Waals surface area contributed by atoms with Crippen LogP contribution in [0.5, 0.6) is 0 Å². The van der Waals surface area contributed by atoms with Crippen molar-refractivity contribution in [3.8, 4) is 0 Å². The zero-order valence-corrected chi connectivity index (χ0v) is 20.5. The average molecular weight is 448 g/mol. The lowest BCUT2D eigenvalue weighted by molar-refractivity contribution is 0.590. The Labute approximate surface area is 197 Å². The quantitative estimate of drug-likeness (QED) is 0.309. The van der Waals surface area contributed by atoms with Gasteiger partial charge in [0.05, 0.1) is 12.2 Å². The molecule has 168 valence electrons. The van der Waals surface area contributed by atoms with Gasteiger partial charge in [0.2, 0.25) is 5.96 Å². The van der Waals surface area contributed by atoms with Gasteiger partial charge in [0.15, 0.2) is 0 Å². The molecule has 0 aliphatic carbocycles. The molecule has 3 rings (SSSR count). The van der Waals surface area contributed by atoms with E-state index >= 15 is 0 Å². The van der Waals surface area contributed by atoms with Crippen LogP contribution in [0.2, 0.25) is 5.02 Å². The van der Waals surface area contributed by atoms with E-state index in [0.717, 1.165) is 17.8 Å². The first kappa shape index (κ1) is 23.9. The van der Waals surface area contributed by atoms with Gasteiger partial charge >= 0.3 is 0 Å². The summed E-state index contributed by atoms with van der Waals surface area (Å²) in [5, 5.41) is 0.680. The first-order chi connectivity index (χ1) is 15.2. The van der Waals surface area contributed by atoms with Gasteiger partial charge < -0.3 is 10.6 Å². The molecule has 3 aromatic rings. The molecule has 0 aromatic heterocycles. The first-order valence-electron chi connectivity index (χ1n) is 11.2. The number of halogens is 1. The molecule has 0 bridgehead atoms. The Balaban J connectivity index is 1.94. The minimum absolute atomic E-state index is 0.124. The van der Waals surface area contributed by atoms with Crippen LogP contribution in [-0.4, -0.2) is 5.96 Å². The Morgan fingerprint density at radius 2 is 1.53 bits per heavy atom. The second-order valence-electron chi connectivity index (χ2n) is 9.38. The van der Waals surface area contributed by atoms with E-state index in [1.807, 2.05) is 24.3 Å². The molecule has 3 aromatic carbocycles. The van der Waals surface area contributed by atoms with Crippen molar-refractivity contribution in [1.82, 2.24) is 0 Å². The second-order valence-corrected chi connectivity index (χ2v) is 9.82. The molecule has 0 radical (unpaired) electrons. The van der Waals surface area contributed by atoms with Crippen molar-refractivity contribution < 1.29 is 0 Å². The number of guanidine groups is 1. The predicted octanol–water partition coefficient (Wildman–Crippen LogP) is 7.80. The van der Waals surface area contributed by atoms with Crippen molar-refractivity contribution in [2.24, 2.45) is 10.7 Å². The second kappa shape index (κ2) is 10.2. The topological polar surface area (TPSA) is 41.6 Å². The number of rotatable bonds is 6. The molecule has 0 aliphatic rings. The number of aliphatic imine (C=N–C) groups is 1. The summed E-state index contributed by atoms with van der Waals surface area (Å²) in [7, 11) is 0. The summed E-state index contributed by atoms with van der Waals surface area (Å²) in [6, 6.07) is 24.8. The van der Waals surface area contributed by atoms with Crippen LogP contribution < -0.4 is 10.6 Å². The summed E-state index contributed by atoms with van der Waals surface area (Å²) in [5.74, 6) is 0.978. The van der Waals surface area contributed by atoms with Crippen molar-refractivity contribution in [3.05, 3.63) is 94.5 Å². The third kappa shape index (κ3) is 6.14. The van der Waals surface area contributed by atoms with Crippen LogP contribution >= 0.6 is 11.6 Å². The smallest absolute Gasteiger partial charge is 0.201 e. The Hall–Kier alpha value is -2.78. The van der Waals surface area contributed by atoms with Crippen molar-refractivity contribution in [2.45, 2.75) is 58.9 Å². The summed E-state index contributed by atoms with van der Waals surface area (Å²) in [6.45, 7) is 11.8. The van der Waals surface area contributed by atoms with Gasteiger partial charge in [0.1, 0.15) is 0 Å². The van der Waals surface area contributed by atoms with Crippen LogP contribution in [0, 0.1) is 0 Å². The molecule has 0 fully saturated rings. The molecule has 3 nitrogen and oxygen atoms in total. The van der Waals surface area contributed by atoms with Crippen molar-refractivity contribution in [2.75, 3.05) is 4.90 Å². The zero-order chi connectivity index (χ0) is 23.3. The predicted molar refractivity (Wildman–Crippen MR) is 139 cm³/mol. The number of nitrogens with two attached hydrogens (primary N) is 1. The van der Waals surface area contributed by atoms with E-state index in [1.54, 1.807) is 0 Å². The van der Waals surface area contributed by atoms with Crippen molar-refractivity contribution in [1.29, 1.82) is 0 Å². The van der Waals surface area contributed by atoms with E-state index in [4.69, 9.17) is 17.3 Å². The maximum atomic E-state index is 6.53. The number of hydrogen-bond donors (Lipinski definition) is 1. The number of nitrogens with zero attached hydrogens (tertiary/aromatic N) is 2. The fourth-order valence-corrected chi connectivity index (χ4v) is 3.65. The molecule has 0 saturated heterocycles. The van der Waals surface area contributed by atoms with Gasteiger partial charge in [0, 0.05) is 10.7 Å². The molecule has 1 unspecified atom stereocenters. The van der Waals surface area contributed by atoms with Gasteiger partial charge in [-0.2, -0.15) is 0 Å². The first-order valence-corrected chi connectivity index (χ1v) is 11.6. The van der Waals surface area contributed by atoms with Crippen LogP contribution in [0.4, 0.5) is 11.4 Å². The van der Waals surface area contributed by atoms with Gasteiger partial charge in [-0.3, -0.25) is 0 Å². The van der Waals surface area contributed by atoms with Gasteiger partial charge in [-0.05, 0) is 70.8 Å². The highest BCUT2D eigenvalue weighted by molar-refractivity contribution is 6.30. The Morgan fingerprint density at radius 3 is 2.06 bits per heavy atom. The van der Waals surface area contributed by atoms with Crippen LogP contribution in [0.1, 0.15) is 63.6 Å². The monoisotopic (exact) mass is 447 g/mol. The van der Waals surface area contributed by atoms with Gasteiger partial charge in [0.25, 0.3) is 0 Å². The summed E-state index contributed by atoms with van der Waals surface area (Å²) in [6.07, 6.45) is 1.11. The number of hydrogen-bond acceptors (Lipinski definition) is 1. The Morgan fingerprint density at radius 1 is 0.938 bits per heavy atom. The molecule has 32 heavy (non-hydrogen) atoms. The van der Waals surface area contributed by atoms with Crippen LogP contribution in [-0.2, 0) is 12.0 Å². The van der Waals surface area contributed by atoms with Crippen LogP contribution in [0.15, 0.2) is 77.8 Å². The van der Waals surface area contributed by atoms with Crippen molar-refractivity contribution in [3.63, 3.8) is 0 Å². The molecule has 2 N–H and O–H groups in total. The zero-order valence-electron chi connectivity index (χ0n) is 19.8. The average Bonchev–Trinajstić information content (AvgIpc) is 2.78. The molecular weight excluding hydrogens is 414 g/mol. The summed E-state index contributed by atoms with van der Waals surface area (Å²) < 4.78 is 0. The molecule has 0 aliphatic heterocycles. The largest absolute Gasteiger partial charge is 0.369 e. The van der Waals surface area contributed by atoms with Crippen LogP contribution in [0.3, 0.4) is 0 Å². The molecule has 1 atom stereocenters. The van der Waals surface area contributed by atoms with E-state index in [2.05, 4.69) is 93.0 Å². The molecular formula is C28H34ClN3. The molecule has 0 heterocycles. The fourth-order valence-electron chi connectivity index (χ4n) is 3.52. The van der Waals surface area contributed by atoms with Crippen molar-refractivity contribution >= 4 is 28.9 Å². The summed E-state index contributed by atoms with van der Waals surface area (Å²) >= 11 is 6.02. The van der Waals surface area contributed by atoms with Gasteiger partial charge in [-0.15, -0.1) is 0 Å². The maximum Gasteiger partial charge on any atom is 0.201 e. The Kier molecular flexibility index (Phi) is 7.63. The number of benzene rings is 3. The molecule has 0 amide bonds. The third-order valence-electron chi connectivity index (χ3n) is 5.89. The van der Waals surface area contributed by atoms with E-state index < -0.39 is 0 Å². The summed E-state index contributed by atoms with van der Waals surface area (Å²) in [5.41, 5.74) is 12.3. The van der Waals surface area contributed by atoms with E-state index in [-0.39, 0.29) is 5.41 Å². The van der Waals surface area contributed by atoms with E-state index in [9.17, 15) is 0 Å². The lowest BCUT2D eigenvalue weighted by Crippen LogP contribution is -2.36. The fraction of sp³-hybridized carbons (Fsp3) is 0.321. The highest BCUT2D eigenvalue weighted by atomic mass is 35.5. The highest BCUT2D eigenvalue weighted by Crippen LogP contribution is 2.26. The maximum absolute atomic E-state index is 6.53. The normalized spacial score (nSPS) is 13.1. The standard InChI is InChI=1S/C28H34ClN3/c1-6-20(2)22-9-17-26(18-10-22)32(27(30)31-25-15-13-24(29)14-16-25)19-21-7-11-23(12-8-21)28(3,4)5/h7-18,20H,6,19H2,1-5H3,(H2,30,31). The SMILES string of the molecule is CCC(C)c1ccc(N(Cc2ccc(C(C)(C)C)cc2)C(N)=Nc2ccc(Cl)cc2)cc1. The minimum atomic E-state index is 0.124. The summed E-state index contributed by atoms with van der Waals surface area (Å²) in [4.78, 5) is 6.72. The highest BCUT2D eigenvalue weighted by Gasteiger charge is 2.16. The molecule has 4 heteroatoms. The molecule has 0 saturated carbocycles. The molecule has 0 spiro atoms. The number of anilines is 1. The van der Waals surface area contributed by atoms with Crippen LogP contribution in [0.25, 0.3) is 0 Å². The van der Waals surface area contributed by atoms with E-state index in [1.165, 1.54) is 16.7 Å². The van der Waals surface area contributed by atoms with Gasteiger partial charge in [-0.25, -0.2) is 4.99 Å². The van der Waals surface area contributed by atoms with Gasteiger partial charge in [-0.1, -0.05) is 82.6 Å². The third-order valence-corrected chi connectivity index (χ3v) is 6.15. The lowest BCUT2D eigenvalue weighted by Gasteiger charge is -2.25.